The van der Waals surface area contributed by atoms with E-state index in [-0.39, 0.29) is 0 Å². The maximum absolute atomic E-state index is 4.57. The molecule has 0 atom stereocenters. The summed E-state index contributed by atoms with van der Waals surface area (Å²) in [6, 6.07) is 10.4. The van der Waals surface area contributed by atoms with Gasteiger partial charge >= 0.3 is 0 Å². The maximum Gasteiger partial charge on any atom is 0.181 e. The molecule has 0 aliphatic rings. The van der Waals surface area contributed by atoms with Crippen LogP contribution in [0.1, 0.15) is 37.6 Å². The molecule has 1 aromatic carbocycles. The van der Waals surface area contributed by atoms with Gasteiger partial charge in [-0.3, -0.25) is 0 Å². The van der Waals surface area contributed by atoms with Crippen LogP contribution in [0.5, 0.6) is 0 Å². The summed E-state index contributed by atoms with van der Waals surface area (Å²) >= 11 is 0. The zero-order chi connectivity index (χ0) is 14.5. The number of aryl methyl sites for hydroxylation is 1. The molecule has 3 aromatic rings. The molecule has 0 fully saturated rings. The maximum atomic E-state index is 4.57. The molecule has 0 aliphatic carbocycles. The lowest BCUT2D eigenvalue weighted by molar-refractivity contribution is 0.695. The lowest BCUT2D eigenvalue weighted by Gasteiger charge is -2.04. The molecular weight excluding hydrogens is 260 g/mol. The van der Waals surface area contributed by atoms with Crippen LogP contribution < -0.4 is 0 Å². The summed E-state index contributed by atoms with van der Waals surface area (Å²) in [4.78, 5) is 13.5. The average Bonchev–Trinajstić information content (AvgIpc) is 2.91. The molecule has 0 bridgehead atoms. The standard InChI is InChI=1S/C17H20N4/c1-2-3-5-10-16-18-11-15-17(20-16)19-13-21(15)12-14-8-6-4-7-9-14/h4,6-9,11,13H,2-3,5,10,12H2,1H3. The van der Waals surface area contributed by atoms with Gasteiger partial charge in [0, 0.05) is 13.0 Å². The van der Waals surface area contributed by atoms with Gasteiger partial charge in [-0.25, -0.2) is 15.0 Å². The van der Waals surface area contributed by atoms with Crippen LogP contribution >= 0.6 is 0 Å². The van der Waals surface area contributed by atoms with Gasteiger partial charge in [-0.1, -0.05) is 50.1 Å². The molecule has 3 rings (SSSR count). The number of fused-ring (bicyclic) bond motifs is 1. The summed E-state index contributed by atoms with van der Waals surface area (Å²) in [5.74, 6) is 0.904. The van der Waals surface area contributed by atoms with E-state index >= 15 is 0 Å². The van der Waals surface area contributed by atoms with Gasteiger partial charge in [0.1, 0.15) is 11.3 Å². The molecule has 0 saturated carbocycles. The smallest absolute Gasteiger partial charge is 0.181 e. The Morgan fingerprint density at radius 3 is 2.71 bits per heavy atom. The van der Waals surface area contributed by atoms with Gasteiger partial charge in [-0.2, -0.15) is 0 Å². The van der Waals surface area contributed by atoms with Gasteiger partial charge in [0.2, 0.25) is 0 Å². The van der Waals surface area contributed by atoms with E-state index in [2.05, 4.69) is 50.7 Å². The third kappa shape index (κ3) is 3.27. The number of unbranched alkanes of at least 4 members (excludes halogenated alkanes) is 2. The second kappa shape index (κ2) is 6.48. The van der Waals surface area contributed by atoms with Gasteiger partial charge in [-0.05, 0) is 12.0 Å². The van der Waals surface area contributed by atoms with E-state index < -0.39 is 0 Å². The van der Waals surface area contributed by atoms with Crippen LogP contribution in [0, 0.1) is 0 Å². The zero-order valence-corrected chi connectivity index (χ0v) is 12.4. The van der Waals surface area contributed by atoms with E-state index in [4.69, 9.17) is 0 Å². The topological polar surface area (TPSA) is 43.6 Å². The summed E-state index contributed by atoms with van der Waals surface area (Å²) < 4.78 is 2.10. The molecule has 0 amide bonds. The summed E-state index contributed by atoms with van der Waals surface area (Å²) in [5, 5.41) is 0. The molecule has 4 heteroatoms. The highest BCUT2D eigenvalue weighted by atomic mass is 15.1. The van der Waals surface area contributed by atoms with Crippen molar-refractivity contribution in [2.75, 3.05) is 0 Å². The fourth-order valence-corrected chi connectivity index (χ4v) is 2.45. The monoisotopic (exact) mass is 280 g/mol. The molecule has 4 nitrogen and oxygen atoms in total. The largest absolute Gasteiger partial charge is 0.323 e. The van der Waals surface area contributed by atoms with Crippen LogP contribution in [-0.4, -0.2) is 19.5 Å². The third-order valence-corrected chi connectivity index (χ3v) is 3.63. The Morgan fingerprint density at radius 2 is 1.90 bits per heavy atom. The predicted molar refractivity (Wildman–Crippen MR) is 84.1 cm³/mol. The number of rotatable bonds is 6. The molecule has 0 aliphatic heterocycles. The molecule has 2 heterocycles. The van der Waals surface area contributed by atoms with Crippen molar-refractivity contribution >= 4 is 11.2 Å². The third-order valence-electron chi connectivity index (χ3n) is 3.63. The Morgan fingerprint density at radius 1 is 1.05 bits per heavy atom. The van der Waals surface area contributed by atoms with Crippen LogP contribution in [-0.2, 0) is 13.0 Å². The van der Waals surface area contributed by atoms with Crippen LogP contribution in [0.4, 0.5) is 0 Å². The Balaban J connectivity index is 1.79. The first kappa shape index (κ1) is 13.7. The van der Waals surface area contributed by atoms with Gasteiger partial charge in [0.05, 0.1) is 12.5 Å². The molecule has 0 saturated heterocycles. The predicted octanol–water partition coefficient (Wildman–Crippen LogP) is 3.61. The minimum atomic E-state index is 0.799. The molecule has 108 valence electrons. The van der Waals surface area contributed by atoms with E-state index in [1.165, 1.54) is 18.4 Å². The van der Waals surface area contributed by atoms with E-state index in [9.17, 15) is 0 Å². The van der Waals surface area contributed by atoms with Crippen molar-refractivity contribution in [1.82, 2.24) is 19.5 Å². The normalized spacial score (nSPS) is 11.1. The van der Waals surface area contributed by atoms with Crippen LogP contribution in [0.25, 0.3) is 11.2 Å². The first-order valence-corrected chi connectivity index (χ1v) is 7.57. The number of aromatic nitrogens is 4. The van der Waals surface area contributed by atoms with Crippen molar-refractivity contribution in [1.29, 1.82) is 0 Å². The fraction of sp³-hybridized carbons (Fsp3) is 0.353. The van der Waals surface area contributed by atoms with Crippen molar-refractivity contribution in [2.24, 2.45) is 0 Å². The summed E-state index contributed by atoms with van der Waals surface area (Å²) in [6.45, 7) is 3.01. The Kier molecular flexibility index (Phi) is 4.24. The molecule has 0 radical (unpaired) electrons. The number of imidazole rings is 1. The van der Waals surface area contributed by atoms with Crippen LogP contribution in [0.2, 0.25) is 0 Å². The lowest BCUT2D eigenvalue weighted by atomic mass is 10.2. The first-order chi connectivity index (χ1) is 10.4. The van der Waals surface area contributed by atoms with Crippen molar-refractivity contribution in [2.45, 2.75) is 39.2 Å². The molecular formula is C17H20N4. The highest BCUT2D eigenvalue weighted by Crippen LogP contribution is 2.13. The minimum absolute atomic E-state index is 0.799. The van der Waals surface area contributed by atoms with Gasteiger partial charge in [0.25, 0.3) is 0 Å². The van der Waals surface area contributed by atoms with Gasteiger partial charge < -0.3 is 4.57 Å². The Hall–Kier alpha value is -2.23. The van der Waals surface area contributed by atoms with Crippen molar-refractivity contribution < 1.29 is 0 Å². The van der Waals surface area contributed by atoms with Crippen LogP contribution in [0.3, 0.4) is 0 Å². The zero-order valence-electron chi connectivity index (χ0n) is 12.4. The van der Waals surface area contributed by atoms with Crippen molar-refractivity contribution in [3.63, 3.8) is 0 Å². The van der Waals surface area contributed by atoms with Crippen LogP contribution in [0.15, 0.2) is 42.9 Å². The molecule has 0 spiro atoms. The first-order valence-electron chi connectivity index (χ1n) is 7.57. The van der Waals surface area contributed by atoms with Gasteiger partial charge in [-0.15, -0.1) is 0 Å². The highest BCUT2D eigenvalue weighted by molar-refractivity contribution is 5.69. The Labute approximate surface area is 124 Å². The second-order valence-corrected chi connectivity index (χ2v) is 5.31. The minimum Gasteiger partial charge on any atom is -0.323 e. The van der Waals surface area contributed by atoms with E-state index in [0.717, 1.165) is 36.4 Å². The molecule has 0 N–H and O–H groups in total. The average molecular weight is 280 g/mol. The SMILES string of the molecule is CCCCCc1ncc2c(ncn2Cc2ccccc2)n1. The van der Waals surface area contributed by atoms with Crippen molar-refractivity contribution in [3.05, 3.63) is 54.2 Å². The van der Waals surface area contributed by atoms with E-state index in [1.807, 2.05) is 18.6 Å². The lowest BCUT2D eigenvalue weighted by Crippen LogP contribution is -2.00. The number of hydrogen-bond donors (Lipinski definition) is 0. The Bertz CT molecular complexity index is 703. The van der Waals surface area contributed by atoms with E-state index in [1.54, 1.807) is 0 Å². The van der Waals surface area contributed by atoms with Gasteiger partial charge in [0.15, 0.2) is 5.65 Å². The molecule has 0 unspecified atom stereocenters. The number of hydrogen-bond acceptors (Lipinski definition) is 3. The number of benzene rings is 1. The highest BCUT2D eigenvalue weighted by Gasteiger charge is 2.06. The molecule has 21 heavy (non-hydrogen) atoms. The fourth-order valence-electron chi connectivity index (χ4n) is 2.45. The summed E-state index contributed by atoms with van der Waals surface area (Å²) in [5.41, 5.74) is 3.05. The quantitative estimate of drug-likeness (QED) is 0.648. The van der Waals surface area contributed by atoms with E-state index in [0.29, 0.717) is 0 Å². The summed E-state index contributed by atoms with van der Waals surface area (Å²) in [6.07, 6.45) is 8.28. The molecule has 2 aromatic heterocycles. The number of nitrogens with zero attached hydrogens (tertiary/aromatic N) is 4. The second-order valence-electron chi connectivity index (χ2n) is 5.31. The van der Waals surface area contributed by atoms with Crippen molar-refractivity contribution in [3.8, 4) is 0 Å². The summed E-state index contributed by atoms with van der Waals surface area (Å²) in [7, 11) is 0.